The lowest BCUT2D eigenvalue weighted by Crippen LogP contribution is -2.41. The molecule has 1 aromatic heterocycles. The van der Waals surface area contributed by atoms with Crippen LogP contribution in [0.5, 0.6) is 5.75 Å². The molecule has 3 heterocycles. The fourth-order valence-corrected chi connectivity index (χ4v) is 6.01. The van der Waals surface area contributed by atoms with Gasteiger partial charge in [-0.2, -0.15) is 0 Å². The number of nitrogens with one attached hydrogen (secondary N) is 1. The maximum Gasteiger partial charge on any atom is 0.270 e. The maximum absolute atomic E-state index is 13.2. The van der Waals surface area contributed by atoms with Crippen LogP contribution in [0.15, 0.2) is 47.8 Å². The monoisotopic (exact) mass is 531 g/mol. The van der Waals surface area contributed by atoms with Gasteiger partial charge in [-0.1, -0.05) is 35.9 Å². The normalized spacial score (nSPS) is 20.7. The van der Waals surface area contributed by atoms with Gasteiger partial charge >= 0.3 is 0 Å². The van der Waals surface area contributed by atoms with Gasteiger partial charge in [0.1, 0.15) is 23.1 Å². The number of carbonyl (C=O) groups excluding carboxylic acids is 2. The number of fused-ring (bicyclic) bond motifs is 1. The maximum atomic E-state index is 13.2. The number of carbonyl (C=O) groups is 2. The van der Waals surface area contributed by atoms with Crippen LogP contribution in [-0.2, 0) is 22.6 Å². The zero-order valence-electron chi connectivity index (χ0n) is 21.7. The molecule has 6 rings (SSSR count). The lowest BCUT2D eigenvalue weighted by atomic mass is 9.87. The summed E-state index contributed by atoms with van der Waals surface area (Å²) >= 11 is 1.42. The Morgan fingerprint density at radius 3 is 2.76 bits per heavy atom. The summed E-state index contributed by atoms with van der Waals surface area (Å²) in [7, 11) is 0. The summed E-state index contributed by atoms with van der Waals surface area (Å²) in [6.45, 7) is 4.37. The van der Waals surface area contributed by atoms with E-state index in [1.54, 1.807) is 5.38 Å². The summed E-state index contributed by atoms with van der Waals surface area (Å²) < 4.78 is 11.7. The lowest BCUT2D eigenvalue weighted by Gasteiger charge is -2.38. The number of hydrogen-bond donors (Lipinski definition) is 1. The van der Waals surface area contributed by atoms with Crippen LogP contribution in [0.25, 0.3) is 0 Å². The second-order valence-corrected chi connectivity index (χ2v) is 11.4. The van der Waals surface area contributed by atoms with Gasteiger partial charge in [-0.3, -0.25) is 9.59 Å². The summed E-state index contributed by atoms with van der Waals surface area (Å²) in [5, 5.41) is 5.43. The zero-order valence-corrected chi connectivity index (χ0v) is 22.5. The third-order valence-corrected chi connectivity index (χ3v) is 8.43. The second-order valence-electron chi connectivity index (χ2n) is 10.5. The molecule has 2 aromatic carbocycles. The van der Waals surface area contributed by atoms with Gasteiger partial charge in [-0.05, 0) is 67.9 Å². The van der Waals surface area contributed by atoms with E-state index < -0.39 is 0 Å². The number of ether oxygens (including phenoxy) is 2. The first kappa shape index (κ1) is 25.1. The average Bonchev–Trinajstić information content (AvgIpc) is 3.44. The number of rotatable bonds is 8. The highest BCUT2D eigenvalue weighted by atomic mass is 32.1. The molecule has 3 aliphatic rings. The quantitative estimate of drug-likeness (QED) is 0.451. The Morgan fingerprint density at radius 2 is 2.00 bits per heavy atom. The van der Waals surface area contributed by atoms with Gasteiger partial charge < -0.3 is 19.7 Å². The highest BCUT2D eigenvalue weighted by Crippen LogP contribution is 2.41. The molecular weight excluding hydrogens is 498 g/mol. The van der Waals surface area contributed by atoms with E-state index in [1.807, 2.05) is 6.07 Å². The molecule has 0 bridgehead atoms. The fourth-order valence-electron chi connectivity index (χ4n) is 5.32. The molecule has 0 unspecified atom stereocenters. The number of thiazole rings is 1. The van der Waals surface area contributed by atoms with Crippen molar-refractivity contribution < 1.29 is 19.1 Å². The van der Waals surface area contributed by atoms with E-state index in [-0.39, 0.29) is 36.5 Å². The van der Waals surface area contributed by atoms with Gasteiger partial charge in [0.15, 0.2) is 0 Å². The Labute approximate surface area is 227 Å². The molecule has 38 heavy (non-hydrogen) atoms. The van der Waals surface area contributed by atoms with Crippen LogP contribution in [-0.4, -0.2) is 47.5 Å². The van der Waals surface area contributed by atoms with Crippen molar-refractivity contribution in [2.45, 2.75) is 57.8 Å². The molecule has 198 valence electrons. The van der Waals surface area contributed by atoms with E-state index in [2.05, 4.69) is 58.5 Å². The largest absolute Gasteiger partial charge is 0.486 e. The van der Waals surface area contributed by atoms with Crippen LogP contribution in [0.3, 0.4) is 0 Å². The molecule has 2 amide bonds. The van der Waals surface area contributed by atoms with Crippen LogP contribution >= 0.6 is 11.3 Å². The number of hydrogen-bond acceptors (Lipinski definition) is 6. The molecule has 1 saturated carbocycles. The summed E-state index contributed by atoms with van der Waals surface area (Å²) in [6.07, 6.45) is 4.95. The van der Waals surface area contributed by atoms with E-state index >= 15 is 0 Å². The smallest absolute Gasteiger partial charge is 0.270 e. The zero-order chi connectivity index (χ0) is 26.1. The van der Waals surface area contributed by atoms with Crippen LogP contribution in [0.1, 0.15) is 69.5 Å². The van der Waals surface area contributed by atoms with E-state index in [0.29, 0.717) is 12.2 Å². The van der Waals surface area contributed by atoms with Crippen molar-refractivity contribution in [1.82, 2.24) is 15.2 Å². The van der Waals surface area contributed by atoms with Crippen molar-refractivity contribution in [2.24, 2.45) is 5.92 Å². The molecule has 8 heteroatoms. The summed E-state index contributed by atoms with van der Waals surface area (Å²) in [5.41, 5.74) is 5.11. The number of aromatic nitrogens is 1. The Bertz CT molecular complexity index is 1310. The third-order valence-electron chi connectivity index (χ3n) is 7.61. The molecule has 0 spiro atoms. The van der Waals surface area contributed by atoms with E-state index in [1.165, 1.54) is 22.5 Å². The molecule has 2 atom stereocenters. The Hall–Kier alpha value is -3.23. The highest BCUT2D eigenvalue weighted by Gasteiger charge is 2.39. The first-order valence-electron chi connectivity index (χ1n) is 13.5. The highest BCUT2D eigenvalue weighted by molar-refractivity contribution is 7.09. The summed E-state index contributed by atoms with van der Waals surface area (Å²) in [5.74, 6) is 0.992. The second kappa shape index (κ2) is 10.9. The van der Waals surface area contributed by atoms with Crippen molar-refractivity contribution in [3.63, 3.8) is 0 Å². The van der Waals surface area contributed by atoms with Gasteiger partial charge in [0, 0.05) is 31.0 Å². The van der Waals surface area contributed by atoms with Crippen LogP contribution in [0.2, 0.25) is 0 Å². The number of amides is 2. The predicted molar refractivity (Wildman–Crippen MR) is 145 cm³/mol. The van der Waals surface area contributed by atoms with Gasteiger partial charge in [0.2, 0.25) is 5.91 Å². The van der Waals surface area contributed by atoms with Gasteiger partial charge in [0.25, 0.3) is 5.91 Å². The van der Waals surface area contributed by atoms with Crippen LogP contribution < -0.4 is 10.1 Å². The minimum atomic E-state index is -0.182. The van der Waals surface area contributed by atoms with Crippen molar-refractivity contribution in [3.8, 4) is 5.75 Å². The Morgan fingerprint density at radius 1 is 1.16 bits per heavy atom. The lowest BCUT2D eigenvalue weighted by molar-refractivity contribution is -0.134. The van der Waals surface area contributed by atoms with E-state index in [9.17, 15) is 9.59 Å². The topological polar surface area (TPSA) is 80.8 Å². The molecule has 1 saturated heterocycles. The summed E-state index contributed by atoms with van der Waals surface area (Å²) in [6, 6.07) is 14.6. The predicted octanol–water partition coefficient (Wildman–Crippen LogP) is 4.82. The molecule has 7 nitrogen and oxygen atoms in total. The number of aryl methyl sites for hydroxylation is 1. The van der Waals surface area contributed by atoms with Gasteiger partial charge in [-0.15, -0.1) is 11.3 Å². The Balaban J connectivity index is 1.16. The minimum absolute atomic E-state index is 0.101. The molecule has 1 aliphatic carbocycles. The van der Waals surface area contributed by atoms with Gasteiger partial charge in [-0.25, -0.2) is 4.98 Å². The molecular formula is C30H33N3O4S. The average molecular weight is 532 g/mol. The first-order valence-corrected chi connectivity index (χ1v) is 14.4. The molecule has 1 N–H and O–H groups in total. The van der Waals surface area contributed by atoms with Crippen molar-refractivity contribution in [2.75, 3.05) is 19.7 Å². The molecule has 0 radical (unpaired) electrons. The molecule has 2 aliphatic heterocycles. The van der Waals surface area contributed by atoms with Crippen molar-refractivity contribution >= 4 is 23.2 Å². The Kier molecular flexibility index (Phi) is 7.17. The first-order chi connectivity index (χ1) is 18.5. The van der Waals surface area contributed by atoms with E-state index in [4.69, 9.17) is 9.47 Å². The molecule has 2 fully saturated rings. The van der Waals surface area contributed by atoms with Crippen molar-refractivity contribution in [3.05, 3.63) is 80.8 Å². The number of nitrogens with zero attached hydrogens (tertiary/aromatic N) is 2. The van der Waals surface area contributed by atoms with Gasteiger partial charge in [0.05, 0.1) is 12.1 Å². The van der Waals surface area contributed by atoms with Crippen LogP contribution in [0.4, 0.5) is 0 Å². The van der Waals surface area contributed by atoms with Crippen molar-refractivity contribution in [1.29, 1.82) is 0 Å². The fraction of sp³-hybridized carbons (Fsp3) is 0.433. The van der Waals surface area contributed by atoms with E-state index in [0.717, 1.165) is 67.1 Å². The molecule has 3 aromatic rings. The standard InChI is InChI=1S/C30H33N3O4S/c1-19-4-6-21(7-5-19)28-25-15-23(11-10-20(25)12-13-33(28)30(35)22-8-9-22)37-17-27-32-26(18-38-27)29(34)31-16-24-3-2-14-36-24/h4-7,10-11,15,18,22,24,28H,2-3,8-9,12-14,16-17H2,1H3,(H,31,34)/t24-,28-/m1/s1. The number of benzene rings is 2. The SMILES string of the molecule is Cc1ccc([C@@H]2c3cc(OCc4nc(C(=O)NC[C@H]5CCCO5)cs4)ccc3CCN2C(=O)C2CC2)cc1. The van der Waals surface area contributed by atoms with Crippen LogP contribution in [0, 0.1) is 12.8 Å². The third kappa shape index (κ3) is 5.47. The minimum Gasteiger partial charge on any atom is -0.486 e. The summed E-state index contributed by atoms with van der Waals surface area (Å²) in [4.78, 5) is 32.3.